The fraction of sp³-hybridized carbons (Fsp3) is 0.250. The Kier molecular flexibility index (Phi) is 3.88. The van der Waals surface area contributed by atoms with Crippen LogP contribution in [-0.2, 0) is 11.3 Å². The van der Waals surface area contributed by atoms with E-state index in [-0.39, 0.29) is 6.42 Å². The number of aryl methyl sites for hydroxylation is 1. The van der Waals surface area contributed by atoms with E-state index in [4.69, 9.17) is 10.8 Å². The van der Waals surface area contributed by atoms with Crippen molar-refractivity contribution in [3.8, 4) is 11.3 Å². The predicted octanol–water partition coefficient (Wildman–Crippen LogP) is 1.54. The SMILES string of the molecule is Nc1ccc(-c2ccsc2)n[n+]1CCCC(=O)O. The van der Waals surface area contributed by atoms with Crippen molar-refractivity contribution in [2.24, 2.45) is 0 Å². The third-order valence-corrected chi connectivity index (χ3v) is 3.20. The third-order valence-electron chi connectivity index (χ3n) is 2.52. The molecule has 6 heteroatoms. The quantitative estimate of drug-likeness (QED) is 0.803. The smallest absolute Gasteiger partial charge is 0.303 e. The number of hydrogen-bond donors (Lipinski definition) is 2. The highest BCUT2D eigenvalue weighted by Gasteiger charge is 2.10. The molecule has 3 N–H and O–H groups in total. The normalized spacial score (nSPS) is 10.4. The first-order chi connectivity index (χ1) is 8.66. The van der Waals surface area contributed by atoms with E-state index in [2.05, 4.69) is 5.10 Å². The maximum Gasteiger partial charge on any atom is 0.303 e. The molecule has 5 nitrogen and oxygen atoms in total. The van der Waals surface area contributed by atoms with Crippen molar-refractivity contribution in [1.29, 1.82) is 0 Å². The number of thiophene rings is 1. The van der Waals surface area contributed by atoms with Crippen molar-refractivity contribution in [3.05, 3.63) is 29.0 Å². The summed E-state index contributed by atoms with van der Waals surface area (Å²) in [5.74, 6) is -0.262. The largest absolute Gasteiger partial charge is 0.481 e. The molecule has 2 aromatic rings. The van der Waals surface area contributed by atoms with Gasteiger partial charge in [0, 0.05) is 23.4 Å². The number of carboxylic acid groups (broad SMARTS) is 1. The summed E-state index contributed by atoms with van der Waals surface area (Å²) < 4.78 is 1.65. The van der Waals surface area contributed by atoms with Gasteiger partial charge in [0.05, 0.1) is 0 Å². The molecule has 0 saturated carbocycles. The monoisotopic (exact) mass is 264 g/mol. The van der Waals surface area contributed by atoms with Crippen LogP contribution in [0.5, 0.6) is 0 Å². The summed E-state index contributed by atoms with van der Waals surface area (Å²) >= 11 is 1.61. The molecule has 18 heavy (non-hydrogen) atoms. The van der Waals surface area contributed by atoms with Gasteiger partial charge >= 0.3 is 5.97 Å². The number of aliphatic carboxylic acids is 1. The lowest BCUT2D eigenvalue weighted by Crippen LogP contribution is -2.41. The van der Waals surface area contributed by atoms with Crippen molar-refractivity contribution in [3.63, 3.8) is 0 Å². The van der Waals surface area contributed by atoms with Gasteiger partial charge in [-0.25, -0.2) is 0 Å². The van der Waals surface area contributed by atoms with Crippen LogP contribution < -0.4 is 10.4 Å². The van der Waals surface area contributed by atoms with Gasteiger partial charge in [-0.15, -0.1) is 4.68 Å². The van der Waals surface area contributed by atoms with Gasteiger partial charge < -0.3 is 5.11 Å². The number of nitrogens with zero attached hydrogens (tertiary/aromatic N) is 2. The van der Waals surface area contributed by atoms with Crippen molar-refractivity contribution >= 4 is 23.1 Å². The van der Waals surface area contributed by atoms with Crippen LogP contribution in [0.3, 0.4) is 0 Å². The summed E-state index contributed by atoms with van der Waals surface area (Å²) in [6, 6.07) is 5.65. The Hall–Kier alpha value is -1.95. The Morgan fingerprint density at radius 1 is 1.44 bits per heavy atom. The number of carbonyl (C=O) groups is 1. The summed E-state index contributed by atoms with van der Waals surface area (Å²) in [6.07, 6.45) is 0.640. The van der Waals surface area contributed by atoms with Crippen LogP contribution in [0.4, 0.5) is 5.82 Å². The Labute approximate surface area is 109 Å². The Morgan fingerprint density at radius 2 is 2.28 bits per heavy atom. The number of rotatable bonds is 5. The van der Waals surface area contributed by atoms with Gasteiger partial charge in [-0.1, -0.05) is 5.10 Å². The summed E-state index contributed by atoms with van der Waals surface area (Å²) in [4.78, 5) is 10.5. The molecule has 0 aliphatic carbocycles. The van der Waals surface area contributed by atoms with Crippen LogP contribution >= 0.6 is 11.3 Å². The first-order valence-electron chi connectivity index (χ1n) is 5.58. The molecular weight excluding hydrogens is 250 g/mol. The van der Waals surface area contributed by atoms with Crippen LogP contribution in [0.15, 0.2) is 29.0 Å². The number of anilines is 1. The predicted molar refractivity (Wildman–Crippen MR) is 69.0 cm³/mol. The van der Waals surface area contributed by atoms with E-state index in [1.165, 1.54) is 0 Å². The minimum absolute atomic E-state index is 0.122. The zero-order chi connectivity index (χ0) is 13.0. The fourth-order valence-corrected chi connectivity index (χ4v) is 2.24. The van der Waals surface area contributed by atoms with E-state index in [9.17, 15) is 4.79 Å². The topological polar surface area (TPSA) is 80.1 Å². The average Bonchev–Trinajstić information content (AvgIpc) is 2.84. The van der Waals surface area contributed by atoms with E-state index in [1.54, 1.807) is 22.1 Å². The number of hydrogen-bond acceptors (Lipinski definition) is 4. The molecule has 0 unspecified atom stereocenters. The molecule has 2 rings (SSSR count). The van der Waals surface area contributed by atoms with Crippen molar-refractivity contribution < 1.29 is 14.6 Å². The lowest BCUT2D eigenvalue weighted by atomic mass is 10.2. The third kappa shape index (κ3) is 3.04. The molecular formula is C12H14N3O2S+. The summed E-state index contributed by atoms with van der Waals surface area (Å²) in [7, 11) is 0. The highest BCUT2D eigenvalue weighted by Crippen LogP contribution is 2.18. The Balaban J connectivity index is 2.14. The second kappa shape index (κ2) is 5.59. The average molecular weight is 264 g/mol. The highest BCUT2D eigenvalue weighted by molar-refractivity contribution is 7.08. The molecule has 94 valence electrons. The zero-order valence-corrected chi connectivity index (χ0v) is 10.6. The fourth-order valence-electron chi connectivity index (χ4n) is 1.59. The van der Waals surface area contributed by atoms with E-state index < -0.39 is 5.97 Å². The van der Waals surface area contributed by atoms with Crippen molar-refractivity contribution in [2.75, 3.05) is 5.73 Å². The molecule has 0 amide bonds. The molecule has 0 aliphatic rings. The van der Waals surface area contributed by atoms with Gasteiger partial charge in [0.15, 0.2) is 0 Å². The maximum atomic E-state index is 10.5. The van der Waals surface area contributed by atoms with Crippen molar-refractivity contribution in [1.82, 2.24) is 5.10 Å². The first-order valence-corrected chi connectivity index (χ1v) is 6.52. The lowest BCUT2D eigenvalue weighted by Gasteiger charge is -2.02. The molecule has 0 bridgehead atoms. The first kappa shape index (κ1) is 12.5. The molecule has 0 spiro atoms. The molecule has 0 radical (unpaired) electrons. The highest BCUT2D eigenvalue weighted by atomic mass is 32.1. The van der Waals surface area contributed by atoms with Crippen molar-refractivity contribution in [2.45, 2.75) is 19.4 Å². The standard InChI is InChI=1S/C12H13N3O2S/c13-11-4-3-10(9-5-7-18-8-9)14-15(11)6-1-2-12(16)17/h3-5,7-8,13H,1-2,6H2,(H,16,17)/p+1. The van der Waals surface area contributed by atoms with Gasteiger partial charge in [-0.2, -0.15) is 11.3 Å². The molecule has 2 heterocycles. The zero-order valence-electron chi connectivity index (χ0n) is 9.74. The second-order valence-electron chi connectivity index (χ2n) is 3.88. The van der Waals surface area contributed by atoms with E-state index in [0.29, 0.717) is 18.8 Å². The number of nitrogen functional groups attached to an aromatic ring is 1. The molecule has 0 atom stereocenters. The summed E-state index contributed by atoms with van der Waals surface area (Å²) in [6.45, 7) is 0.510. The number of carboxylic acids is 1. The second-order valence-corrected chi connectivity index (χ2v) is 4.66. The number of aromatic nitrogens is 2. The van der Waals surface area contributed by atoms with Crippen LogP contribution in [0.25, 0.3) is 11.3 Å². The van der Waals surface area contributed by atoms with Gasteiger partial charge in [0.25, 0.3) is 5.82 Å². The molecule has 0 saturated heterocycles. The lowest BCUT2D eigenvalue weighted by molar-refractivity contribution is -0.739. The van der Waals surface area contributed by atoms with Crippen LogP contribution in [0.1, 0.15) is 12.8 Å². The van der Waals surface area contributed by atoms with E-state index >= 15 is 0 Å². The Bertz CT molecular complexity index is 540. The molecule has 0 aliphatic heterocycles. The van der Waals surface area contributed by atoms with E-state index in [0.717, 1.165) is 11.3 Å². The molecule has 0 aromatic carbocycles. The van der Waals surface area contributed by atoms with Crippen LogP contribution in [0.2, 0.25) is 0 Å². The van der Waals surface area contributed by atoms with Gasteiger partial charge in [-0.05, 0) is 23.9 Å². The van der Waals surface area contributed by atoms with Crippen LogP contribution in [-0.4, -0.2) is 16.2 Å². The maximum absolute atomic E-state index is 10.5. The summed E-state index contributed by atoms with van der Waals surface area (Å²) in [5.41, 5.74) is 7.71. The molecule has 2 aromatic heterocycles. The Morgan fingerprint density at radius 3 is 2.94 bits per heavy atom. The minimum atomic E-state index is -0.803. The van der Waals surface area contributed by atoms with Gasteiger partial charge in [0.1, 0.15) is 12.2 Å². The molecule has 0 fully saturated rings. The minimum Gasteiger partial charge on any atom is -0.481 e. The van der Waals surface area contributed by atoms with Crippen LogP contribution in [0, 0.1) is 0 Å². The van der Waals surface area contributed by atoms with Gasteiger partial charge in [-0.3, -0.25) is 10.5 Å². The van der Waals surface area contributed by atoms with Gasteiger partial charge in [0.2, 0.25) is 0 Å². The number of nitrogens with two attached hydrogens (primary N) is 1. The van der Waals surface area contributed by atoms with E-state index in [1.807, 2.05) is 22.9 Å². The summed E-state index contributed by atoms with van der Waals surface area (Å²) in [5, 5.41) is 17.0.